The monoisotopic (exact) mass is 188 g/mol. The summed E-state index contributed by atoms with van der Waals surface area (Å²) in [5.74, 6) is 0. The van der Waals surface area contributed by atoms with Gasteiger partial charge in [-0.2, -0.15) is 0 Å². The van der Waals surface area contributed by atoms with Gasteiger partial charge in [0.1, 0.15) is 5.60 Å². The van der Waals surface area contributed by atoms with Crippen LogP contribution in [0.15, 0.2) is 0 Å². The SMILES string of the molecule is CO[C@@H]1C[C@@H]2O[C@]2([C@H](C)O)[C@H](C)O1. The number of ether oxygens (including phenoxy) is 3. The number of methoxy groups -OCH3 is 1. The molecule has 2 aliphatic heterocycles. The highest BCUT2D eigenvalue weighted by Crippen LogP contribution is 2.50. The number of epoxide rings is 1. The summed E-state index contributed by atoms with van der Waals surface area (Å²) in [5, 5.41) is 9.56. The highest BCUT2D eigenvalue weighted by atomic mass is 16.7. The Morgan fingerprint density at radius 2 is 2.31 bits per heavy atom. The van der Waals surface area contributed by atoms with Crippen LogP contribution in [0, 0.1) is 0 Å². The fourth-order valence-corrected chi connectivity index (χ4v) is 2.23. The Morgan fingerprint density at radius 1 is 1.62 bits per heavy atom. The average Bonchev–Trinajstić information content (AvgIpc) is 2.80. The number of aliphatic hydroxyl groups excluding tert-OH is 1. The molecule has 4 nitrogen and oxygen atoms in total. The minimum Gasteiger partial charge on any atom is -0.390 e. The molecule has 1 N–H and O–H groups in total. The highest BCUT2D eigenvalue weighted by Gasteiger charge is 2.67. The van der Waals surface area contributed by atoms with Crippen molar-refractivity contribution in [1.82, 2.24) is 0 Å². The van der Waals surface area contributed by atoms with Gasteiger partial charge in [-0.3, -0.25) is 0 Å². The molecule has 5 atom stereocenters. The largest absolute Gasteiger partial charge is 0.390 e. The van der Waals surface area contributed by atoms with E-state index in [9.17, 15) is 5.11 Å². The van der Waals surface area contributed by atoms with E-state index in [4.69, 9.17) is 14.2 Å². The van der Waals surface area contributed by atoms with Crippen molar-refractivity contribution in [3.8, 4) is 0 Å². The van der Waals surface area contributed by atoms with Crippen molar-refractivity contribution in [2.24, 2.45) is 0 Å². The second-order valence-electron chi connectivity index (χ2n) is 3.82. The van der Waals surface area contributed by atoms with Crippen molar-refractivity contribution < 1.29 is 19.3 Å². The molecule has 4 heteroatoms. The number of rotatable bonds is 2. The molecule has 0 amide bonds. The van der Waals surface area contributed by atoms with Gasteiger partial charge in [-0.25, -0.2) is 0 Å². The van der Waals surface area contributed by atoms with E-state index in [-0.39, 0.29) is 18.5 Å². The van der Waals surface area contributed by atoms with Gasteiger partial charge in [0.15, 0.2) is 6.29 Å². The number of fused-ring (bicyclic) bond motifs is 1. The average molecular weight is 188 g/mol. The van der Waals surface area contributed by atoms with Gasteiger partial charge in [0.25, 0.3) is 0 Å². The first kappa shape index (κ1) is 9.40. The summed E-state index contributed by atoms with van der Waals surface area (Å²) in [6, 6.07) is 0. The predicted molar refractivity (Wildman–Crippen MR) is 45.2 cm³/mol. The second kappa shape index (κ2) is 2.92. The first-order chi connectivity index (χ1) is 6.11. The van der Waals surface area contributed by atoms with Gasteiger partial charge in [0, 0.05) is 13.5 Å². The van der Waals surface area contributed by atoms with Crippen molar-refractivity contribution in [3.05, 3.63) is 0 Å². The molecule has 0 saturated carbocycles. The molecule has 2 aliphatic rings. The van der Waals surface area contributed by atoms with Crippen LogP contribution >= 0.6 is 0 Å². The highest BCUT2D eigenvalue weighted by molar-refractivity contribution is 5.13. The van der Waals surface area contributed by atoms with E-state index in [2.05, 4.69) is 0 Å². The zero-order valence-electron chi connectivity index (χ0n) is 8.19. The van der Waals surface area contributed by atoms with E-state index in [0.29, 0.717) is 6.42 Å². The lowest BCUT2D eigenvalue weighted by Crippen LogP contribution is -2.48. The number of hydrogen-bond acceptors (Lipinski definition) is 4. The van der Waals surface area contributed by atoms with E-state index in [0.717, 1.165) is 0 Å². The van der Waals surface area contributed by atoms with Gasteiger partial charge in [-0.15, -0.1) is 0 Å². The first-order valence-electron chi connectivity index (χ1n) is 4.65. The molecule has 2 saturated heterocycles. The summed E-state index contributed by atoms with van der Waals surface area (Å²) in [7, 11) is 1.62. The minimum atomic E-state index is -0.481. The molecule has 0 aromatic rings. The minimum absolute atomic E-state index is 0.0983. The predicted octanol–water partition coefficient (Wildman–Crippen LogP) is 0.286. The van der Waals surface area contributed by atoms with Crippen LogP contribution in [-0.4, -0.2) is 42.4 Å². The van der Waals surface area contributed by atoms with Crippen molar-refractivity contribution in [3.63, 3.8) is 0 Å². The number of aliphatic hydroxyl groups is 1. The van der Waals surface area contributed by atoms with Crippen molar-refractivity contribution in [2.45, 2.75) is 50.5 Å². The molecule has 0 aromatic heterocycles. The third-order valence-electron chi connectivity index (χ3n) is 3.11. The Kier molecular flexibility index (Phi) is 2.11. The van der Waals surface area contributed by atoms with Gasteiger partial charge < -0.3 is 19.3 Å². The molecule has 0 aliphatic carbocycles. The maximum Gasteiger partial charge on any atom is 0.160 e. The summed E-state index contributed by atoms with van der Waals surface area (Å²) in [6.45, 7) is 3.66. The molecule has 0 bridgehead atoms. The Balaban J connectivity index is 2.07. The summed E-state index contributed by atoms with van der Waals surface area (Å²) in [5.41, 5.74) is -0.463. The molecule has 2 rings (SSSR count). The van der Waals surface area contributed by atoms with Gasteiger partial charge in [0.05, 0.1) is 18.3 Å². The molecule has 0 spiro atoms. The lowest BCUT2D eigenvalue weighted by molar-refractivity contribution is -0.188. The topological polar surface area (TPSA) is 51.2 Å². The van der Waals surface area contributed by atoms with Crippen LogP contribution in [0.3, 0.4) is 0 Å². The molecule has 0 aromatic carbocycles. The lowest BCUT2D eigenvalue weighted by atomic mass is 9.90. The molecule has 76 valence electrons. The molecular weight excluding hydrogens is 172 g/mol. The first-order valence-corrected chi connectivity index (χ1v) is 4.65. The standard InChI is InChI=1S/C9H16O4/c1-5(10)9-6(2)12-8(11-3)4-7(9)13-9/h5-8,10H,4H2,1-3H3/t5-,6-,7-,8-,9+/m0/s1. The second-order valence-corrected chi connectivity index (χ2v) is 3.82. The third-order valence-corrected chi connectivity index (χ3v) is 3.11. The van der Waals surface area contributed by atoms with Gasteiger partial charge in [0.2, 0.25) is 0 Å². The summed E-state index contributed by atoms with van der Waals surface area (Å²) in [6.07, 6.45) is 0.0447. The molecule has 13 heavy (non-hydrogen) atoms. The van der Waals surface area contributed by atoms with Crippen LogP contribution in [0.5, 0.6) is 0 Å². The summed E-state index contributed by atoms with van der Waals surface area (Å²) >= 11 is 0. The molecule has 2 fully saturated rings. The Hall–Kier alpha value is -0.160. The molecule has 2 heterocycles. The molecular formula is C9H16O4. The Labute approximate surface area is 77.8 Å². The maximum absolute atomic E-state index is 9.56. The molecule has 0 unspecified atom stereocenters. The summed E-state index contributed by atoms with van der Waals surface area (Å²) < 4.78 is 16.2. The zero-order valence-corrected chi connectivity index (χ0v) is 8.19. The van der Waals surface area contributed by atoms with E-state index < -0.39 is 11.7 Å². The Morgan fingerprint density at radius 3 is 2.77 bits per heavy atom. The van der Waals surface area contributed by atoms with Crippen LogP contribution < -0.4 is 0 Å². The normalized spacial score (nSPS) is 51.2. The van der Waals surface area contributed by atoms with Crippen LogP contribution in [0.4, 0.5) is 0 Å². The van der Waals surface area contributed by atoms with Crippen molar-refractivity contribution in [1.29, 1.82) is 0 Å². The Bertz CT molecular complexity index is 206. The number of hydrogen-bond donors (Lipinski definition) is 1. The fourth-order valence-electron chi connectivity index (χ4n) is 2.23. The van der Waals surface area contributed by atoms with Crippen LogP contribution in [0.2, 0.25) is 0 Å². The third kappa shape index (κ3) is 1.21. The van der Waals surface area contributed by atoms with Crippen molar-refractivity contribution in [2.75, 3.05) is 7.11 Å². The lowest BCUT2D eigenvalue weighted by Gasteiger charge is -2.31. The van der Waals surface area contributed by atoms with Crippen LogP contribution in [0.25, 0.3) is 0 Å². The van der Waals surface area contributed by atoms with Gasteiger partial charge in [-0.05, 0) is 13.8 Å². The van der Waals surface area contributed by atoms with Gasteiger partial charge >= 0.3 is 0 Å². The van der Waals surface area contributed by atoms with E-state index in [1.54, 1.807) is 14.0 Å². The smallest absolute Gasteiger partial charge is 0.160 e. The van der Waals surface area contributed by atoms with Gasteiger partial charge in [-0.1, -0.05) is 0 Å². The fraction of sp³-hybridized carbons (Fsp3) is 1.00. The van der Waals surface area contributed by atoms with Crippen LogP contribution in [0.1, 0.15) is 20.3 Å². The quantitative estimate of drug-likeness (QED) is 0.633. The van der Waals surface area contributed by atoms with Crippen LogP contribution in [-0.2, 0) is 14.2 Å². The van der Waals surface area contributed by atoms with E-state index >= 15 is 0 Å². The van der Waals surface area contributed by atoms with E-state index in [1.807, 2.05) is 6.92 Å². The zero-order chi connectivity index (χ0) is 9.64. The van der Waals surface area contributed by atoms with Crippen molar-refractivity contribution >= 4 is 0 Å². The molecule has 0 radical (unpaired) electrons. The summed E-state index contributed by atoms with van der Waals surface area (Å²) in [4.78, 5) is 0. The van der Waals surface area contributed by atoms with E-state index in [1.165, 1.54) is 0 Å². The maximum atomic E-state index is 9.56.